The van der Waals surface area contributed by atoms with E-state index >= 15 is 0 Å². The molecule has 0 radical (unpaired) electrons. The summed E-state index contributed by atoms with van der Waals surface area (Å²) >= 11 is 0. The van der Waals surface area contributed by atoms with Gasteiger partial charge >= 0.3 is 0 Å². The standard InChI is InChI=1S/C21H19N/c22-18-11-9-15(10-12-18)13-20(16-5-2-1-3-6-16)19-8-4-7-17-14-21(17)19/h1-13,17,21H,14,22H2/b20-13-. The van der Waals surface area contributed by atoms with Gasteiger partial charge in [0.05, 0.1) is 0 Å². The van der Waals surface area contributed by atoms with Crippen molar-refractivity contribution in [2.45, 2.75) is 6.42 Å². The van der Waals surface area contributed by atoms with E-state index in [1.807, 2.05) is 12.1 Å². The molecule has 2 aromatic rings. The van der Waals surface area contributed by atoms with E-state index in [9.17, 15) is 0 Å². The molecule has 1 heteroatoms. The molecule has 0 saturated heterocycles. The van der Waals surface area contributed by atoms with E-state index in [4.69, 9.17) is 5.73 Å². The molecule has 1 nitrogen and oxygen atoms in total. The molecule has 2 aliphatic rings. The quantitative estimate of drug-likeness (QED) is 0.627. The molecule has 2 aliphatic carbocycles. The summed E-state index contributed by atoms with van der Waals surface area (Å²) in [5.41, 5.74) is 11.9. The van der Waals surface area contributed by atoms with Crippen molar-refractivity contribution < 1.29 is 0 Å². The van der Waals surface area contributed by atoms with Crippen LogP contribution in [0.25, 0.3) is 11.6 Å². The Labute approximate surface area is 131 Å². The molecule has 2 N–H and O–H groups in total. The summed E-state index contributed by atoms with van der Waals surface area (Å²) in [4.78, 5) is 0. The Morgan fingerprint density at radius 3 is 2.55 bits per heavy atom. The number of hydrogen-bond donors (Lipinski definition) is 1. The number of nitrogens with two attached hydrogens (primary N) is 1. The van der Waals surface area contributed by atoms with Crippen LogP contribution in [0.3, 0.4) is 0 Å². The predicted molar refractivity (Wildman–Crippen MR) is 94.0 cm³/mol. The summed E-state index contributed by atoms with van der Waals surface area (Å²) in [6.07, 6.45) is 10.4. The first kappa shape index (κ1) is 13.1. The van der Waals surface area contributed by atoms with Crippen molar-refractivity contribution in [3.63, 3.8) is 0 Å². The van der Waals surface area contributed by atoms with Crippen LogP contribution in [0.5, 0.6) is 0 Å². The minimum absolute atomic E-state index is 0.699. The van der Waals surface area contributed by atoms with E-state index in [0.717, 1.165) is 11.6 Å². The Hall–Kier alpha value is -2.54. The van der Waals surface area contributed by atoms with Crippen molar-refractivity contribution in [2.24, 2.45) is 11.8 Å². The van der Waals surface area contributed by atoms with Gasteiger partial charge in [0.2, 0.25) is 0 Å². The summed E-state index contributed by atoms with van der Waals surface area (Å²) in [7, 11) is 0. The smallest absolute Gasteiger partial charge is 0.0314 e. The number of fused-ring (bicyclic) bond motifs is 1. The van der Waals surface area contributed by atoms with Gasteiger partial charge in [-0.3, -0.25) is 0 Å². The van der Waals surface area contributed by atoms with Gasteiger partial charge in [-0.05, 0) is 58.7 Å². The second-order valence-corrected chi connectivity index (χ2v) is 6.10. The van der Waals surface area contributed by atoms with Gasteiger partial charge in [0.15, 0.2) is 0 Å². The van der Waals surface area contributed by atoms with Gasteiger partial charge in [-0.25, -0.2) is 0 Å². The van der Waals surface area contributed by atoms with Crippen LogP contribution in [0.15, 0.2) is 78.4 Å². The van der Waals surface area contributed by atoms with Crippen LogP contribution in [-0.4, -0.2) is 0 Å². The molecule has 0 bridgehead atoms. The van der Waals surface area contributed by atoms with Crippen molar-refractivity contribution in [3.8, 4) is 0 Å². The molecule has 0 amide bonds. The summed E-state index contributed by atoms with van der Waals surface area (Å²) in [6, 6.07) is 18.8. The van der Waals surface area contributed by atoms with E-state index in [0.29, 0.717) is 5.92 Å². The Bertz CT molecular complexity index is 763. The number of benzene rings is 2. The largest absolute Gasteiger partial charge is 0.399 e. The molecule has 2 unspecified atom stereocenters. The first-order valence-electron chi connectivity index (χ1n) is 7.83. The van der Waals surface area contributed by atoms with E-state index in [1.165, 1.54) is 28.7 Å². The average molecular weight is 285 g/mol. The molecule has 108 valence electrons. The van der Waals surface area contributed by atoms with Crippen LogP contribution in [-0.2, 0) is 0 Å². The zero-order valence-corrected chi connectivity index (χ0v) is 12.4. The summed E-state index contributed by atoms with van der Waals surface area (Å²) in [5, 5.41) is 0. The Morgan fingerprint density at radius 1 is 1.00 bits per heavy atom. The highest BCUT2D eigenvalue weighted by Crippen LogP contribution is 2.51. The fourth-order valence-corrected chi connectivity index (χ4v) is 3.21. The highest BCUT2D eigenvalue weighted by molar-refractivity contribution is 5.92. The lowest BCUT2D eigenvalue weighted by Crippen LogP contribution is -1.97. The summed E-state index contributed by atoms with van der Waals surface area (Å²) in [5.74, 6) is 1.45. The van der Waals surface area contributed by atoms with Crippen LogP contribution >= 0.6 is 0 Å². The molecule has 0 aromatic heterocycles. The van der Waals surface area contributed by atoms with Gasteiger partial charge in [-0.1, -0.05) is 60.7 Å². The first-order chi connectivity index (χ1) is 10.8. The predicted octanol–water partition coefficient (Wildman–Crippen LogP) is 4.94. The van der Waals surface area contributed by atoms with Gasteiger partial charge < -0.3 is 5.73 Å². The van der Waals surface area contributed by atoms with Crippen LogP contribution in [0.4, 0.5) is 5.69 Å². The van der Waals surface area contributed by atoms with Crippen molar-refractivity contribution in [1.82, 2.24) is 0 Å². The molecule has 0 aliphatic heterocycles. The third-order valence-corrected chi connectivity index (χ3v) is 4.52. The minimum atomic E-state index is 0.699. The maximum atomic E-state index is 5.80. The second-order valence-electron chi connectivity index (χ2n) is 6.10. The number of nitrogen functional groups attached to an aromatic ring is 1. The fraction of sp³-hybridized carbons (Fsp3) is 0.143. The number of anilines is 1. The molecule has 4 rings (SSSR count). The third kappa shape index (κ3) is 2.50. The van der Waals surface area contributed by atoms with Crippen LogP contribution in [0.1, 0.15) is 17.5 Å². The molecular weight excluding hydrogens is 266 g/mol. The van der Waals surface area contributed by atoms with Gasteiger partial charge in [-0.2, -0.15) is 0 Å². The number of hydrogen-bond acceptors (Lipinski definition) is 1. The first-order valence-corrected chi connectivity index (χ1v) is 7.83. The zero-order chi connectivity index (χ0) is 14.9. The molecule has 2 aromatic carbocycles. The topological polar surface area (TPSA) is 26.0 Å². The second kappa shape index (κ2) is 5.34. The van der Waals surface area contributed by atoms with Crippen molar-refractivity contribution >= 4 is 17.3 Å². The molecule has 1 fully saturated rings. The lowest BCUT2D eigenvalue weighted by molar-refractivity contribution is 0.943. The van der Waals surface area contributed by atoms with E-state index < -0.39 is 0 Å². The van der Waals surface area contributed by atoms with Gasteiger partial charge in [0.25, 0.3) is 0 Å². The third-order valence-electron chi connectivity index (χ3n) is 4.52. The van der Waals surface area contributed by atoms with Crippen LogP contribution in [0, 0.1) is 11.8 Å². The molecular formula is C21H19N. The number of allylic oxidation sites excluding steroid dienone is 5. The molecule has 2 atom stereocenters. The van der Waals surface area contributed by atoms with Crippen molar-refractivity contribution in [1.29, 1.82) is 0 Å². The van der Waals surface area contributed by atoms with Crippen molar-refractivity contribution in [3.05, 3.63) is 89.5 Å². The van der Waals surface area contributed by atoms with E-state index in [2.05, 4.69) is 66.8 Å². The monoisotopic (exact) mass is 285 g/mol. The van der Waals surface area contributed by atoms with E-state index in [1.54, 1.807) is 0 Å². The fourth-order valence-electron chi connectivity index (χ4n) is 3.21. The lowest BCUT2D eigenvalue weighted by atomic mass is 9.90. The summed E-state index contributed by atoms with van der Waals surface area (Å²) in [6.45, 7) is 0. The average Bonchev–Trinajstić information content (AvgIpc) is 3.35. The lowest BCUT2D eigenvalue weighted by Gasteiger charge is -2.15. The molecule has 22 heavy (non-hydrogen) atoms. The molecule has 1 saturated carbocycles. The normalized spacial score (nSPS) is 22.9. The SMILES string of the molecule is Nc1ccc(/C=C(\C2=CC=CC3CC23)c2ccccc2)cc1. The highest BCUT2D eigenvalue weighted by atomic mass is 14.5. The Morgan fingerprint density at radius 2 is 1.77 bits per heavy atom. The maximum absolute atomic E-state index is 5.80. The van der Waals surface area contributed by atoms with Gasteiger partial charge in [0, 0.05) is 5.69 Å². The van der Waals surface area contributed by atoms with Gasteiger partial charge in [-0.15, -0.1) is 0 Å². The van der Waals surface area contributed by atoms with Gasteiger partial charge in [0.1, 0.15) is 0 Å². The maximum Gasteiger partial charge on any atom is 0.0314 e. The van der Waals surface area contributed by atoms with E-state index in [-0.39, 0.29) is 0 Å². The zero-order valence-electron chi connectivity index (χ0n) is 12.4. The van der Waals surface area contributed by atoms with Crippen LogP contribution < -0.4 is 5.73 Å². The molecule has 0 heterocycles. The Balaban J connectivity index is 1.80. The molecule has 0 spiro atoms. The highest BCUT2D eigenvalue weighted by Gasteiger charge is 2.40. The summed E-state index contributed by atoms with van der Waals surface area (Å²) < 4.78 is 0. The van der Waals surface area contributed by atoms with Crippen molar-refractivity contribution in [2.75, 3.05) is 5.73 Å². The number of rotatable bonds is 3. The Kier molecular flexibility index (Phi) is 3.19. The van der Waals surface area contributed by atoms with Crippen LogP contribution in [0.2, 0.25) is 0 Å². The minimum Gasteiger partial charge on any atom is -0.399 e.